The van der Waals surface area contributed by atoms with Crippen molar-refractivity contribution in [1.82, 2.24) is 0 Å². The van der Waals surface area contributed by atoms with Gasteiger partial charge in [-0.05, 0) is 19.8 Å². The topological polar surface area (TPSA) is 66.8 Å². The smallest absolute Gasteiger partial charge is 0.308 e. The van der Waals surface area contributed by atoms with Crippen LogP contribution in [0, 0.1) is 11.8 Å². The van der Waals surface area contributed by atoms with Crippen molar-refractivity contribution in [1.29, 1.82) is 0 Å². The van der Waals surface area contributed by atoms with Crippen LogP contribution in [-0.4, -0.2) is 35.5 Å². The number of aliphatic hydroxyl groups excluding tert-OH is 1. The van der Waals surface area contributed by atoms with E-state index in [1.807, 2.05) is 0 Å². The second-order valence-corrected chi connectivity index (χ2v) is 3.59. The molecule has 76 valence electrons. The standard InChI is InChI=1S/C9H16O4/c1-6(9(11)12)8(10)7-3-2-4-13-5-7/h6-8,10H,2-5H2,1H3,(H,11,12). The third-order valence-corrected chi connectivity index (χ3v) is 2.58. The Hall–Kier alpha value is -0.610. The van der Waals surface area contributed by atoms with Crippen molar-refractivity contribution >= 4 is 5.97 Å². The van der Waals surface area contributed by atoms with Crippen LogP contribution < -0.4 is 0 Å². The first-order valence-electron chi connectivity index (χ1n) is 4.61. The lowest BCUT2D eigenvalue weighted by Crippen LogP contribution is -2.36. The maximum absolute atomic E-state index is 10.6. The fourth-order valence-electron chi connectivity index (χ4n) is 1.59. The van der Waals surface area contributed by atoms with Gasteiger partial charge in [0.2, 0.25) is 0 Å². The highest BCUT2D eigenvalue weighted by molar-refractivity contribution is 5.70. The largest absolute Gasteiger partial charge is 0.481 e. The first-order valence-corrected chi connectivity index (χ1v) is 4.61. The lowest BCUT2D eigenvalue weighted by molar-refractivity contribution is -0.147. The SMILES string of the molecule is CC(C(=O)O)C(O)C1CCCOC1. The molecule has 3 atom stereocenters. The van der Waals surface area contributed by atoms with Gasteiger partial charge in [-0.3, -0.25) is 4.79 Å². The van der Waals surface area contributed by atoms with Gasteiger partial charge in [-0.2, -0.15) is 0 Å². The van der Waals surface area contributed by atoms with Crippen molar-refractivity contribution in [3.63, 3.8) is 0 Å². The second kappa shape index (κ2) is 4.58. The summed E-state index contributed by atoms with van der Waals surface area (Å²) in [6.45, 7) is 2.74. The molecule has 0 bridgehead atoms. The Labute approximate surface area is 77.5 Å². The molecule has 1 aliphatic rings. The van der Waals surface area contributed by atoms with Gasteiger partial charge in [0.15, 0.2) is 0 Å². The lowest BCUT2D eigenvalue weighted by atomic mass is 9.88. The zero-order chi connectivity index (χ0) is 9.84. The predicted octanol–water partition coefficient (Wildman–Crippen LogP) is 0.495. The number of aliphatic carboxylic acids is 1. The summed E-state index contributed by atoms with van der Waals surface area (Å²) < 4.78 is 5.18. The number of carboxylic acids is 1. The molecule has 3 unspecified atom stereocenters. The van der Waals surface area contributed by atoms with Crippen LogP contribution in [0.3, 0.4) is 0 Å². The molecule has 0 aromatic rings. The van der Waals surface area contributed by atoms with Crippen molar-refractivity contribution in [3.8, 4) is 0 Å². The molecule has 1 heterocycles. The van der Waals surface area contributed by atoms with E-state index in [0.717, 1.165) is 19.4 Å². The number of hydrogen-bond acceptors (Lipinski definition) is 3. The van der Waals surface area contributed by atoms with Gasteiger partial charge < -0.3 is 14.9 Å². The molecule has 0 aromatic heterocycles. The monoisotopic (exact) mass is 188 g/mol. The number of ether oxygens (including phenoxy) is 1. The molecule has 1 saturated heterocycles. The summed E-state index contributed by atoms with van der Waals surface area (Å²) in [6.07, 6.45) is 0.991. The van der Waals surface area contributed by atoms with Gasteiger partial charge in [0, 0.05) is 12.5 Å². The summed E-state index contributed by atoms with van der Waals surface area (Å²) >= 11 is 0. The average Bonchev–Trinajstić information content (AvgIpc) is 2.17. The quantitative estimate of drug-likeness (QED) is 0.676. The molecule has 1 rings (SSSR count). The van der Waals surface area contributed by atoms with Crippen molar-refractivity contribution in [3.05, 3.63) is 0 Å². The Morgan fingerprint density at radius 1 is 1.62 bits per heavy atom. The van der Waals surface area contributed by atoms with Crippen molar-refractivity contribution in [2.24, 2.45) is 11.8 Å². The number of carboxylic acid groups (broad SMARTS) is 1. The van der Waals surface area contributed by atoms with E-state index in [9.17, 15) is 9.90 Å². The Kier molecular flexibility index (Phi) is 3.69. The lowest BCUT2D eigenvalue weighted by Gasteiger charge is -2.28. The average molecular weight is 188 g/mol. The van der Waals surface area contributed by atoms with E-state index in [-0.39, 0.29) is 5.92 Å². The number of hydrogen-bond donors (Lipinski definition) is 2. The van der Waals surface area contributed by atoms with Gasteiger partial charge >= 0.3 is 5.97 Å². The van der Waals surface area contributed by atoms with E-state index in [4.69, 9.17) is 9.84 Å². The van der Waals surface area contributed by atoms with Crippen LogP contribution in [0.2, 0.25) is 0 Å². The first kappa shape index (κ1) is 10.5. The minimum atomic E-state index is -0.946. The summed E-state index contributed by atoms with van der Waals surface area (Å²) in [6, 6.07) is 0. The van der Waals surface area contributed by atoms with Crippen LogP contribution in [-0.2, 0) is 9.53 Å². The van der Waals surface area contributed by atoms with E-state index in [1.54, 1.807) is 0 Å². The van der Waals surface area contributed by atoms with E-state index in [1.165, 1.54) is 6.92 Å². The molecule has 0 aliphatic carbocycles. The van der Waals surface area contributed by atoms with Crippen LogP contribution in [0.1, 0.15) is 19.8 Å². The third-order valence-electron chi connectivity index (χ3n) is 2.58. The molecule has 1 fully saturated rings. The summed E-state index contributed by atoms with van der Waals surface area (Å²) in [5, 5.41) is 18.3. The Morgan fingerprint density at radius 2 is 2.31 bits per heavy atom. The van der Waals surface area contributed by atoms with Crippen LogP contribution in [0.5, 0.6) is 0 Å². The highest BCUT2D eigenvalue weighted by atomic mass is 16.5. The fraction of sp³-hybridized carbons (Fsp3) is 0.889. The summed E-state index contributed by atoms with van der Waals surface area (Å²) in [7, 11) is 0. The summed E-state index contributed by atoms with van der Waals surface area (Å²) in [5.41, 5.74) is 0. The number of aliphatic hydroxyl groups is 1. The van der Waals surface area contributed by atoms with Crippen LogP contribution in [0.15, 0.2) is 0 Å². The molecule has 0 aromatic carbocycles. The van der Waals surface area contributed by atoms with Gasteiger partial charge in [0.25, 0.3) is 0 Å². The maximum atomic E-state index is 10.6. The maximum Gasteiger partial charge on any atom is 0.308 e. The van der Waals surface area contributed by atoms with Gasteiger partial charge in [-0.25, -0.2) is 0 Å². The van der Waals surface area contributed by atoms with E-state index in [2.05, 4.69) is 0 Å². The molecule has 1 aliphatic heterocycles. The van der Waals surface area contributed by atoms with Gasteiger partial charge in [0.1, 0.15) is 0 Å². The minimum Gasteiger partial charge on any atom is -0.481 e. The normalized spacial score (nSPS) is 28.0. The molecule has 4 nitrogen and oxygen atoms in total. The summed E-state index contributed by atoms with van der Waals surface area (Å²) in [4.78, 5) is 10.6. The Morgan fingerprint density at radius 3 is 2.77 bits per heavy atom. The van der Waals surface area contributed by atoms with Crippen LogP contribution >= 0.6 is 0 Å². The molecule has 4 heteroatoms. The molecule has 0 amide bonds. The van der Waals surface area contributed by atoms with Crippen molar-refractivity contribution in [2.45, 2.75) is 25.9 Å². The Bertz CT molecular complexity index is 174. The zero-order valence-corrected chi connectivity index (χ0v) is 7.77. The number of rotatable bonds is 3. The van der Waals surface area contributed by atoms with Crippen LogP contribution in [0.25, 0.3) is 0 Å². The minimum absolute atomic E-state index is 0.0140. The zero-order valence-electron chi connectivity index (χ0n) is 7.77. The predicted molar refractivity (Wildman–Crippen MR) is 46.3 cm³/mol. The van der Waals surface area contributed by atoms with Crippen LogP contribution in [0.4, 0.5) is 0 Å². The highest BCUT2D eigenvalue weighted by Gasteiger charge is 2.30. The van der Waals surface area contributed by atoms with Gasteiger partial charge in [-0.1, -0.05) is 0 Å². The summed E-state index contributed by atoms with van der Waals surface area (Å²) in [5.74, 6) is -1.66. The molecular weight excluding hydrogens is 172 g/mol. The number of carbonyl (C=O) groups is 1. The molecular formula is C9H16O4. The van der Waals surface area contributed by atoms with E-state index < -0.39 is 18.0 Å². The fourth-order valence-corrected chi connectivity index (χ4v) is 1.59. The molecule has 0 saturated carbocycles. The third kappa shape index (κ3) is 2.67. The highest BCUT2D eigenvalue weighted by Crippen LogP contribution is 2.22. The molecule has 0 radical (unpaired) electrons. The van der Waals surface area contributed by atoms with Crippen molar-refractivity contribution < 1.29 is 19.7 Å². The molecule has 0 spiro atoms. The van der Waals surface area contributed by atoms with E-state index >= 15 is 0 Å². The molecule has 13 heavy (non-hydrogen) atoms. The Balaban J connectivity index is 2.44. The van der Waals surface area contributed by atoms with Crippen molar-refractivity contribution in [2.75, 3.05) is 13.2 Å². The molecule has 2 N–H and O–H groups in total. The van der Waals surface area contributed by atoms with Gasteiger partial charge in [-0.15, -0.1) is 0 Å². The van der Waals surface area contributed by atoms with E-state index in [0.29, 0.717) is 6.61 Å². The van der Waals surface area contributed by atoms with Gasteiger partial charge in [0.05, 0.1) is 18.6 Å². The second-order valence-electron chi connectivity index (χ2n) is 3.59. The first-order chi connectivity index (χ1) is 6.13.